The highest BCUT2D eigenvalue weighted by Crippen LogP contribution is 2.44. The smallest absolute Gasteiger partial charge is 0.171 e. The monoisotopic (exact) mass is 771 g/mol. The molecule has 0 aliphatic heterocycles. The fraction of sp³-hybridized carbons (Fsp3) is 0. The molecule has 57 heavy (non-hydrogen) atoms. The molecule has 0 fully saturated rings. The minimum Gasteiger partial charge on any atom is -0.309 e. The van der Waals surface area contributed by atoms with Crippen molar-refractivity contribution < 1.29 is 9.13 Å². The van der Waals surface area contributed by atoms with Crippen LogP contribution in [0.25, 0.3) is 50.1 Å². The second-order valence-electron chi connectivity index (χ2n) is 14.1. The lowest BCUT2D eigenvalue weighted by Gasteiger charge is -2.21. The van der Waals surface area contributed by atoms with E-state index in [0.29, 0.717) is 0 Å². The molecule has 0 spiro atoms. The highest BCUT2D eigenvalue weighted by atomic mass is 31.2. The van der Waals surface area contributed by atoms with Gasteiger partial charge in [-0.05, 0) is 41.5 Å². The normalized spacial score (nSPS) is 12.0. The highest BCUT2D eigenvalue weighted by Gasteiger charge is 2.31. The van der Waals surface area contributed by atoms with Crippen molar-refractivity contribution in [1.29, 1.82) is 0 Å². The first kappa shape index (κ1) is 34.8. The average molecular weight is 772 g/mol. The number of para-hydroxylation sites is 2. The number of aromatic nitrogens is 3. The van der Waals surface area contributed by atoms with Gasteiger partial charge in [-0.1, -0.05) is 182 Å². The van der Waals surface area contributed by atoms with E-state index in [1.807, 2.05) is 182 Å². The number of imidazole rings is 1. The van der Waals surface area contributed by atoms with E-state index in [1.165, 1.54) is 0 Å². The summed E-state index contributed by atoms with van der Waals surface area (Å²) in [6, 6.07) is 69.4. The number of fused-ring (bicyclic) bond motifs is 5. The number of nitrogens with zero attached hydrogens (tertiary/aromatic N) is 3. The number of hydrogen-bond acceptors (Lipinski definition) is 4. The van der Waals surface area contributed by atoms with Gasteiger partial charge in [-0.15, -0.1) is 0 Å². The van der Waals surface area contributed by atoms with Gasteiger partial charge in [0.05, 0.1) is 16.6 Å². The molecule has 0 aliphatic rings. The van der Waals surface area contributed by atoms with Gasteiger partial charge in [0.1, 0.15) is 11.5 Å². The Kier molecular flexibility index (Phi) is 8.64. The second kappa shape index (κ2) is 14.1. The van der Waals surface area contributed by atoms with Crippen LogP contribution in [0.1, 0.15) is 0 Å². The van der Waals surface area contributed by atoms with Gasteiger partial charge in [-0.3, -0.25) is 4.40 Å². The Hall–Kier alpha value is -6.64. The van der Waals surface area contributed by atoms with Crippen LogP contribution < -0.4 is 31.8 Å². The molecule has 2 aromatic heterocycles. The molecule has 10 aromatic rings. The molecule has 5 nitrogen and oxygen atoms in total. The summed E-state index contributed by atoms with van der Waals surface area (Å²) in [6.45, 7) is 0. The molecule has 2 heterocycles. The lowest BCUT2D eigenvalue weighted by atomic mass is 10.0. The average Bonchev–Trinajstić information content (AvgIpc) is 3.69. The molecule has 0 saturated carbocycles. The van der Waals surface area contributed by atoms with Gasteiger partial charge in [0.15, 0.2) is 14.3 Å². The second-order valence-corrected chi connectivity index (χ2v) is 19.6. The van der Waals surface area contributed by atoms with E-state index < -0.39 is 14.3 Å². The molecule has 0 radical (unpaired) electrons. The Labute approximate surface area is 330 Å². The summed E-state index contributed by atoms with van der Waals surface area (Å²) in [5.74, 6) is 0.718. The molecule has 0 atom stereocenters. The summed E-state index contributed by atoms with van der Waals surface area (Å²) < 4.78 is 32.5. The van der Waals surface area contributed by atoms with Gasteiger partial charge >= 0.3 is 0 Å². The number of rotatable bonds is 8. The molecular weight excluding hydrogens is 737 g/mol. The summed E-state index contributed by atoms with van der Waals surface area (Å²) in [7, 11) is -6.33. The molecule has 8 aromatic carbocycles. The zero-order chi connectivity index (χ0) is 38.4. The Bertz CT molecular complexity index is 3080. The predicted octanol–water partition coefficient (Wildman–Crippen LogP) is 9.65. The lowest BCUT2D eigenvalue weighted by Crippen LogP contribution is -2.25. The summed E-state index contributed by atoms with van der Waals surface area (Å²) in [5, 5.41) is 5.59. The van der Waals surface area contributed by atoms with Crippen LogP contribution in [0.4, 0.5) is 0 Å². The summed E-state index contributed by atoms with van der Waals surface area (Å²) >= 11 is 0. The van der Waals surface area contributed by atoms with Crippen LogP contribution in [0.15, 0.2) is 212 Å². The van der Waals surface area contributed by atoms with Crippen molar-refractivity contribution in [2.45, 2.75) is 0 Å². The standard InChI is InChI=1S/C50H35N3O2P2/c54-56(39-17-5-1-6-18-39,40-19-7-2-8-20-40)43-31-28-36(29-32-43)37-30-33-46-45(35-37)50-52-47-26-13-14-27-48(47)53(50)49(51-46)38-16-15-25-44(34-38)57(55,41-21-9-3-10-22-41)42-23-11-4-12-24-42/h1-35H. The first-order chi connectivity index (χ1) is 28.0. The molecule has 272 valence electrons. The fourth-order valence-corrected chi connectivity index (χ4v) is 13.3. The van der Waals surface area contributed by atoms with Crippen LogP contribution in [-0.4, -0.2) is 14.4 Å². The van der Waals surface area contributed by atoms with E-state index in [0.717, 1.165) is 81.9 Å². The summed E-state index contributed by atoms with van der Waals surface area (Å²) in [5.41, 5.74) is 6.21. The maximum atomic E-state index is 15.4. The van der Waals surface area contributed by atoms with Crippen LogP contribution in [0, 0.1) is 0 Å². The molecule has 10 rings (SSSR count). The Morgan fingerprint density at radius 2 is 0.825 bits per heavy atom. The van der Waals surface area contributed by atoms with Gasteiger partial charge in [-0.2, -0.15) is 0 Å². The lowest BCUT2D eigenvalue weighted by molar-refractivity contribution is 0.591. The predicted molar refractivity (Wildman–Crippen MR) is 238 cm³/mol. The SMILES string of the molecule is O=P(c1ccccc1)(c1ccccc1)c1ccc(-c2ccc3nc(-c4cccc(P(=O)(c5ccccc5)c5ccccc5)c4)n4c5ccccc5nc4c3c2)cc1. The van der Waals surface area contributed by atoms with E-state index in [1.54, 1.807) is 0 Å². The van der Waals surface area contributed by atoms with Crippen LogP contribution in [0.3, 0.4) is 0 Å². The Balaban J connectivity index is 1.11. The molecule has 7 heteroatoms. The molecule has 0 unspecified atom stereocenters. The molecule has 0 aliphatic carbocycles. The van der Waals surface area contributed by atoms with Crippen molar-refractivity contribution in [2.24, 2.45) is 0 Å². The van der Waals surface area contributed by atoms with Crippen molar-refractivity contribution in [3.8, 4) is 22.5 Å². The molecule has 0 bridgehead atoms. The Morgan fingerprint density at radius 3 is 1.40 bits per heavy atom. The third-order valence-corrected chi connectivity index (χ3v) is 16.9. The van der Waals surface area contributed by atoms with E-state index in [4.69, 9.17) is 9.97 Å². The first-order valence-corrected chi connectivity index (χ1v) is 22.3. The van der Waals surface area contributed by atoms with Gasteiger partial charge in [-0.25, -0.2) is 9.97 Å². The van der Waals surface area contributed by atoms with Crippen molar-refractivity contribution in [3.63, 3.8) is 0 Å². The first-order valence-electron chi connectivity index (χ1n) is 18.9. The summed E-state index contributed by atoms with van der Waals surface area (Å²) in [4.78, 5) is 10.5. The summed E-state index contributed by atoms with van der Waals surface area (Å²) in [6.07, 6.45) is 0. The Morgan fingerprint density at radius 1 is 0.351 bits per heavy atom. The zero-order valence-electron chi connectivity index (χ0n) is 30.8. The van der Waals surface area contributed by atoms with Crippen LogP contribution in [0.5, 0.6) is 0 Å². The number of hydrogen-bond donors (Lipinski definition) is 0. The van der Waals surface area contributed by atoms with Gasteiger partial charge < -0.3 is 9.13 Å². The fourth-order valence-electron chi connectivity index (χ4n) is 7.92. The topological polar surface area (TPSA) is 64.3 Å². The van der Waals surface area contributed by atoms with E-state index >= 15 is 9.13 Å². The van der Waals surface area contributed by atoms with Crippen LogP contribution >= 0.6 is 14.3 Å². The van der Waals surface area contributed by atoms with E-state index in [-0.39, 0.29) is 0 Å². The zero-order valence-corrected chi connectivity index (χ0v) is 32.5. The number of benzene rings is 8. The van der Waals surface area contributed by atoms with E-state index in [2.05, 4.69) is 34.7 Å². The van der Waals surface area contributed by atoms with Crippen LogP contribution in [-0.2, 0) is 9.13 Å². The maximum absolute atomic E-state index is 15.4. The molecule has 0 saturated heterocycles. The third-order valence-electron chi connectivity index (χ3n) is 10.7. The largest absolute Gasteiger partial charge is 0.309 e. The maximum Gasteiger partial charge on any atom is 0.171 e. The highest BCUT2D eigenvalue weighted by molar-refractivity contribution is 7.85. The minimum absolute atomic E-state index is 0.718. The van der Waals surface area contributed by atoms with Crippen molar-refractivity contribution in [1.82, 2.24) is 14.4 Å². The van der Waals surface area contributed by atoms with Crippen molar-refractivity contribution in [3.05, 3.63) is 212 Å². The van der Waals surface area contributed by atoms with Gasteiger partial charge in [0, 0.05) is 42.8 Å². The third kappa shape index (κ3) is 5.87. The molecule has 0 N–H and O–H groups in total. The quantitative estimate of drug-likeness (QED) is 0.145. The van der Waals surface area contributed by atoms with Gasteiger partial charge in [0.2, 0.25) is 0 Å². The van der Waals surface area contributed by atoms with Gasteiger partial charge in [0.25, 0.3) is 0 Å². The van der Waals surface area contributed by atoms with Crippen LogP contribution in [0.2, 0.25) is 0 Å². The van der Waals surface area contributed by atoms with E-state index in [9.17, 15) is 0 Å². The van der Waals surface area contributed by atoms with Crippen molar-refractivity contribution >= 4 is 73.7 Å². The van der Waals surface area contributed by atoms with Crippen molar-refractivity contribution in [2.75, 3.05) is 0 Å². The molecule has 0 amide bonds. The minimum atomic E-state index is -3.23. The molecular formula is C50H35N3O2P2.